The number of hydrogen-bond donors (Lipinski definition) is 0. The monoisotopic (exact) mass is 358 g/mol. The van der Waals surface area contributed by atoms with Crippen molar-refractivity contribution in [1.29, 1.82) is 0 Å². The minimum Gasteiger partial charge on any atom is -0.228 e. The lowest BCUT2D eigenvalue weighted by Gasteiger charge is -2.15. The van der Waals surface area contributed by atoms with E-state index < -0.39 is 9.84 Å². The van der Waals surface area contributed by atoms with Crippen molar-refractivity contribution in [2.75, 3.05) is 3.76 Å². The van der Waals surface area contributed by atoms with Gasteiger partial charge in [-0.05, 0) is 12.8 Å². The van der Waals surface area contributed by atoms with Gasteiger partial charge in [-0.1, -0.05) is 74.0 Å². The largest absolute Gasteiger partial charge is 0.228 e. The predicted octanol–water partition coefficient (Wildman–Crippen LogP) is 4.08. The SMILES string of the molecule is O=S(=O)(CI)C1CCCCCCCCCC1. The van der Waals surface area contributed by atoms with E-state index in [-0.39, 0.29) is 9.01 Å². The van der Waals surface area contributed by atoms with Crippen LogP contribution in [-0.2, 0) is 9.84 Å². The quantitative estimate of drug-likeness (QED) is 0.551. The Bertz CT molecular complexity index is 263. The Morgan fingerprint density at radius 1 is 0.812 bits per heavy atom. The molecule has 0 saturated heterocycles. The van der Waals surface area contributed by atoms with E-state index >= 15 is 0 Å². The summed E-state index contributed by atoms with van der Waals surface area (Å²) in [5, 5.41) is -0.0532. The lowest BCUT2D eigenvalue weighted by Crippen LogP contribution is -2.22. The topological polar surface area (TPSA) is 34.1 Å². The third-order valence-electron chi connectivity index (χ3n) is 3.46. The maximum absolute atomic E-state index is 11.9. The van der Waals surface area contributed by atoms with Gasteiger partial charge in [-0.2, -0.15) is 0 Å². The molecular weight excluding hydrogens is 335 g/mol. The molecule has 16 heavy (non-hydrogen) atoms. The van der Waals surface area contributed by atoms with Crippen LogP contribution in [0.4, 0.5) is 0 Å². The summed E-state index contributed by atoms with van der Waals surface area (Å²) in [6.45, 7) is 0. The van der Waals surface area contributed by atoms with Gasteiger partial charge in [0.2, 0.25) is 0 Å². The van der Waals surface area contributed by atoms with Crippen LogP contribution in [0.1, 0.15) is 64.2 Å². The molecule has 0 amide bonds. The molecule has 0 bridgehead atoms. The first-order chi connectivity index (χ1) is 7.67. The summed E-state index contributed by atoms with van der Waals surface area (Å²) >= 11 is 1.99. The fraction of sp³-hybridized carbons (Fsp3) is 1.00. The third-order valence-corrected chi connectivity index (χ3v) is 7.86. The average Bonchev–Trinajstić information content (AvgIpc) is 2.33. The van der Waals surface area contributed by atoms with Crippen molar-refractivity contribution >= 4 is 32.4 Å². The zero-order valence-electron chi connectivity index (χ0n) is 9.96. The standard InChI is InChI=1S/C12H23IO2S/c13-11-16(14,15)12-9-7-5-3-1-2-4-6-8-10-12/h12H,1-11H2. The highest BCUT2D eigenvalue weighted by Crippen LogP contribution is 2.22. The molecule has 0 aromatic rings. The molecule has 1 rings (SSSR count). The molecule has 1 aliphatic carbocycles. The van der Waals surface area contributed by atoms with Gasteiger partial charge in [0.25, 0.3) is 0 Å². The van der Waals surface area contributed by atoms with Crippen molar-refractivity contribution in [3.8, 4) is 0 Å². The molecule has 1 saturated carbocycles. The molecular formula is C12H23IO2S. The van der Waals surface area contributed by atoms with Crippen molar-refractivity contribution in [3.63, 3.8) is 0 Å². The Hall–Kier alpha value is 0.680. The van der Waals surface area contributed by atoms with Crippen LogP contribution in [0.25, 0.3) is 0 Å². The van der Waals surface area contributed by atoms with Crippen LogP contribution in [0, 0.1) is 0 Å². The number of halogens is 1. The summed E-state index contributed by atoms with van der Waals surface area (Å²) in [6.07, 6.45) is 11.7. The van der Waals surface area contributed by atoms with Crippen LogP contribution in [0.15, 0.2) is 0 Å². The summed E-state index contributed by atoms with van der Waals surface area (Å²) in [6, 6.07) is 0. The smallest absolute Gasteiger partial charge is 0.162 e. The molecule has 0 atom stereocenters. The van der Waals surface area contributed by atoms with Crippen LogP contribution < -0.4 is 0 Å². The average molecular weight is 358 g/mol. The second kappa shape index (κ2) is 7.90. The molecule has 0 aromatic carbocycles. The van der Waals surface area contributed by atoms with Gasteiger partial charge in [-0.25, -0.2) is 8.42 Å². The highest BCUT2D eigenvalue weighted by atomic mass is 127. The van der Waals surface area contributed by atoms with Crippen molar-refractivity contribution in [2.45, 2.75) is 69.5 Å². The van der Waals surface area contributed by atoms with Gasteiger partial charge in [-0.3, -0.25) is 0 Å². The minimum absolute atomic E-state index is 0.0532. The van der Waals surface area contributed by atoms with E-state index in [4.69, 9.17) is 0 Å². The first kappa shape index (κ1) is 14.7. The zero-order valence-corrected chi connectivity index (χ0v) is 12.9. The van der Waals surface area contributed by atoms with E-state index in [0.29, 0.717) is 0 Å². The predicted molar refractivity (Wildman–Crippen MR) is 77.8 cm³/mol. The summed E-state index contributed by atoms with van der Waals surface area (Å²) in [5.74, 6) is 0. The molecule has 96 valence electrons. The molecule has 0 radical (unpaired) electrons. The highest BCUT2D eigenvalue weighted by molar-refractivity contribution is 14.1. The van der Waals surface area contributed by atoms with E-state index in [1.54, 1.807) is 0 Å². The number of rotatable bonds is 2. The minimum atomic E-state index is -2.81. The van der Waals surface area contributed by atoms with Crippen LogP contribution in [0.2, 0.25) is 0 Å². The van der Waals surface area contributed by atoms with Crippen LogP contribution in [0.5, 0.6) is 0 Å². The second-order valence-electron chi connectivity index (χ2n) is 4.80. The molecule has 0 N–H and O–H groups in total. The molecule has 0 unspecified atom stereocenters. The van der Waals surface area contributed by atoms with Crippen LogP contribution >= 0.6 is 22.6 Å². The fourth-order valence-electron chi connectivity index (χ4n) is 2.40. The number of alkyl halides is 1. The molecule has 1 fully saturated rings. The van der Waals surface area contributed by atoms with Gasteiger partial charge in [0.1, 0.15) is 3.76 Å². The normalized spacial score (nSPS) is 22.6. The van der Waals surface area contributed by atoms with Gasteiger partial charge in [0.15, 0.2) is 9.84 Å². The fourth-order valence-corrected chi connectivity index (χ4v) is 5.15. The van der Waals surface area contributed by atoms with Crippen molar-refractivity contribution < 1.29 is 8.42 Å². The number of sulfone groups is 1. The first-order valence-electron chi connectivity index (χ1n) is 6.44. The van der Waals surface area contributed by atoms with Crippen molar-refractivity contribution in [3.05, 3.63) is 0 Å². The van der Waals surface area contributed by atoms with Crippen LogP contribution in [-0.4, -0.2) is 17.4 Å². The molecule has 0 heterocycles. The summed E-state index contributed by atoms with van der Waals surface area (Å²) in [7, 11) is -2.81. The summed E-state index contributed by atoms with van der Waals surface area (Å²) < 4.78 is 24.1. The number of hydrogen-bond acceptors (Lipinski definition) is 2. The molecule has 4 heteroatoms. The lowest BCUT2D eigenvalue weighted by molar-refractivity contribution is 0.538. The highest BCUT2D eigenvalue weighted by Gasteiger charge is 2.23. The van der Waals surface area contributed by atoms with Gasteiger partial charge >= 0.3 is 0 Å². The maximum atomic E-state index is 11.9. The molecule has 0 aliphatic heterocycles. The third kappa shape index (κ3) is 5.34. The van der Waals surface area contributed by atoms with Gasteiger partial charge in [0, 0.05) is 0 Å². The molecule has 1 aliphatic rings. The van der Waals surface area contributed by atoms with E-state index in [1.165, 1.54) is 38.5 Å². The summed E-state index contributed by atoms with van der Waals surface area (Å²) in [4.78, 5) is 0. The van der Waals surface area contributed by atoms with E-state index in [1.807, 2.05) is 22.6 Å². The Morgan fingerprint density at radius 2 is 1.19 bits per heavy atom. The Morgan fingerprint density at radius 3 is 1.56 bits per heavy atom. The van der Waals surface area contributed by atoms with Gasteiger partial charge in [-0.15, -0.1) is 0 Å². The Kier molecular flexibility index (Phi) is 7.28. The van der Waals surface area contributed by atoms with E-state index in [0.717, 1.165) is 25.7 Å². The molecule has 2 nitrogen and oxygen atoms in total. The lowest BCUT2D eigenvalue weighted by atomic mass is 10.1. The first-order valence-corrected chi connectivity index (χ1v) is 9.68. The Balaban J connectivity index is 2.52. The summed E-state index contributed by atoms with van der Waals surface area (Å²) in [5.41, 5.74) is 0. The van der Waals surface area contributed by atoms with Crippen molar-refractivity contribution in [1.82, 2.24) is 0 Å². The molecule has 0 aromatic heterocycles. The van der Waals surface area contributed by atoms with Gasteiger partial charge in [0.05, 0.1) is 5.25 Å². The zero-order chi connectivity index (χ0) is 11.9. The molecule has 0 spiro atoms. The second-order valence-corrected chi connectivity index (χ2v) is 8.88. The van der Waals surface area contributed by atoms with Gasteiger partial charge < -0.3 is 0 Å². The maximum Gasteiger partial charge on any atom is 0.162 e. The Labute approximate surface area is 114 Å². The van der Waals surface area contributed by atoms with Crippen molar-refractivity contribution in [2.24, 2.45) is 0 Å². The van der Waals surface area contributed by atoms with E-state index in [9.17, 15) is 8.42 Å². The van der Waals surface area contributed by atoms with E-state index in [2.05, 4.69) is 0 Å². The van der Waals surface area contributed by atoms with Crippen LogP contribution in [0.3, 0.4) is 0 Å².